The zero-order chi connectivity index (χ0) is 8.20. The van der Waals surface area contributed by atoms with Gasteiger partial charge in [-0.1, -0.05) is 20.8 Å². The van der Waals surface area contributed by atoms with Crippen LogP contribution in [0.4, 0.5) is 0 Å². The van der Waals surface area contributed by atoms with E-state index in [9.17, 15) is 0 Å². The molecule has 0 unspecified atom stereocenters. The van der Waals surface area contributed by atoms with E-state index >= 15 is 0 Å². The fourth-order valence-electron chi connectivity index (χ4n) is 1.24. The van der Waals surface area contributed by atoms with Crippen LogP contribution in [-0.2, 0) is 0 Å². The van der Waals surface area contributed by atoms with Crippen LogP contribution in [0.15, 0.2) is 0 Å². The largest absolute Gasteiger partial charge is 0.309 e. The van der Waals surface area contributed by atoms with Gasteiger partial charge in [-0.05, 0) is 32.4 Å². The van der Waals surface area contributed by atoms with Gasteiger partial charge in [0, 0.05) is 6.54 Å². The molecule has 0 aromatic carbocycles. The molecule has 0 atom stereocenters. The van der Waals surface area contributed by atoms with Crippen LogP contribution in [0.25, 0.3) is 0 Å². The quantitative estimate of drug-likeness (QED) is 0.584. The van der Waals surface area contributed by atoms with Gasteiger partial charge in [0.2, 0.25) is 0 Å². The van der Waals surface area contributed by atoms with Crippen LogP contribution < -0.4 is 0 Å². The molecule has 0 saturated heterocycles. The summed E-state index contributed by atoms with van der Waals surface area (Å²) in [6.45, 7) is 8.10. The molecule has 0 fully saturated rings. The molecule has 0 aliphatic rings. The first-order valence-electron chi connectivity index (χ1n) is 4.19. The summed E-state index contributed by atoms with van der Waals surface area (Å²) in [5.74, 6) is 0. The van der Waals surface area contributed by atoms with Crippen molar-refractivity contribution in [2.24, 2.45) is 5.41 Å². The summed E-state index contributed by atoms with van der Waals surface area (Å²) in [6, 6.07) is 0. The predicted octanol–water partition coefficient (Wildman–Crippen LogP) is 2.37. The van der Waals surface area contributed by atoms with Gasteiger partial charge in [0.15, 0.2) is 0 Å². The van der Waals surface area contributed by atoms with Crippen LogP contribution in [0.3, 0.4) is 0 Å². The second kappa shape index (κ2) is 3.97. The lowest BCUT2D eigenvalue weighted by atomic mass is 9.84. The van der Waals surface area contributed by atoms with Crippen molar-refractivity contribution in [3.05, 3.63) is 0 Å². The van der Waals surface area contributed by atoms with Gasteiger partial charge < -0.3 is 4.90 Å². The summed E-state index contributed by atoms with van der Waals surface area (Å²) in [5, 5.41) is 0. The topological polar surface area (TPSA) is 3.24 Å². The minimum Gasteiger partial charge on any atom is -0.309 e. The second-order valence-corrected chi connectivity index (χ2v) is 3.76. The highest BCUT2D eigenvalue weighted by Gasteiger charge is 2.19. The first-order valence-corrected chi connectivity index (χ1v) is 4.19. The van der Waals surface area contributed by atoms with Crippen LogP contribution in [0.2, 0.25) is 0 Å². The lowest BCUT2D eigenvalue weighted by Crippen LogP contribution is -2.29. The molecular formula is C9H21N. The molecule has 10 heavy (non-hydrogen) atoms. The molecule has 0 rings (SSSR count). The van der Waals surface area contributed by atoms with Gasteiger partial charge in [0.25, 0.3) is 0 Å². The normalized spacial score (nSPS) is 12.6. The van der Waals surface area contributed by atoms with Gasteiger partial charge in [0.05, 0.1) is 0 Å². The second-order valence-electron chi connectivity index (χ2n) is 3.76. The van der Waals surface area contributed by atoms with Crippen molar-refractivity contribution >= 4 is 0 Å². The van der Waals surface area contributed by atoms with E-state index in [1.165, 1.54) is 19.4 Å². The molecule has 0 N–H and O–H groups in total. The Balaban J connectivity index is 3.80. The Kier molecular flexibility index (Phi) is 3.95. The maximum Gasteiger partial charge on any atom is 0.00290 e. The van der Waals surface area contributed by atoms with Crippen molar-refractivity contribution in [1.29, 1.82) is 0 Å². The van der Waals surface area contributed by atoms with Crippen LogP contribution in [0, 0.1) is 5.41 Å². The van der Waals surface area contributed by atoms with Crippen molar-refractivity contribution in [2.75, 3.05) is 20.6 Å². The fraction of sp³-hybridized carbons (Fsp3) is 1.00. The fourth-order valence-corrected chi connectivity index (χ4v) is 1.24. The lowest BCUT2D eigenvalue weighted by molar-refractivity contribution is 0.203. The molecule has 0 aliphatic heterocycles. The highest BCUT2D eigenvalue weighted by molar-refractivity contribution is 4.72. The Labute approximate surface area is 65.4 Å². The molecule has 0 heterocycles. The lowest BCUT2D eigenvalue weighted by Gasteiger charge is -2.29. The van der Waals surface area contributed by atoms with Crippen LogP contribution in [0.5, 0.6) is 0 Å². The number of hydrogen-bond acceptors (Lipinski definition) is 1. The molecule has 62 valence electrons. The van der Waals surface area contributed by atoms with E-state index in [2.05, 4.69) is 39.8 Å². The van der Waals surface area contributed by atoms with Crippen molar-refractivity contribution < 1.29 is 0 Å². The molecule has 1 heteroatoms. The average Bonchev–Trinajstić information content (AvgIpc) is 1.87. The SMILES string of the molecule is CCC(C)(CC)CN(C)C. The van der Waals surface area contributed by atoms with E-state index in [-0.39, 0.29) is 0 Å². The Morgan fingerprint density at radius 1 is 1.10 bits per heavy atom. The first-order chi connectivity index (χ1) is 4.54. The van der Waals surface area contributed by atoms with Crippen molar-refractivity contribution in [2.45, 2.75) is 33.6 Å². The third-order valence-electron chi connectivity index (χ3n) is 2.41. The van der Waals surface area contributed by atoms with Gasteiger partial charge >= 0.3 is 0 Å². The third-order valence-corrected chi connectivity index (χ3v) is 2.41. The Morgan fingerprint density at radius 3 is 1.60 bits per heavy atom. The summed E-state index contributed by atoms with van der Waals surface area (Å²) in [5.41, 5.74) is 0.531. The molecule has 0 amide bonds. The highest BCUT2D eigenvalue weighted by atomic mass is 15.1. The molecule has 0 saturated carbocycles. The molecule has 0 aliphatic carbocycles. The maximum absolute atomic E-state index is 2.35. The molecule has 0 aromatic heterocycles. The molecule has 0 radical (unpaired) electrons. The zero-order valence-corrected chi connectivity index (χ0v) is 8.07. The van der Waals surface area contributed by atoms with Crippen molar-refractivity contribution in [3.8, 4) is 0 Å². The van der Waals surface area contributed by atoms with Crippen LogP contribution >= 0.6 is 0 Å². The van der Waals surface area contributed by atoms with E-state index in [1.54, 1.807) is 0 Å². The summed E-state index contributed by atoms with van der Waals surface area (Å²) >= 11 is 0. The van der Waals surface area contributed by atoms with Gasteiger partial charge in [-0.2, -0.15) is 0 Å². The van der Waals surface area contributed by atoms with Gasteiger partial charge in [-0.3, -0.25) is 0 Å². The zero-order valence-electron chi connectivity index (χ0n) is 8.07. The number of hydrogen-bond donors (Lipinski definition) is 0. The molecule has 0 bridgehead atoms. The number of rotatable bonds is 4. The van der Waals surface area contributed by atoms with E-state index in [0.717, 1.165) is 0 Å². The van der Waals surface area contributed by atoms with Crippen LogP contribution in [0.1, 0.15) is 33.6 Å². The standard InChI is InChI=1S/C9H21N/c1-6-9(3,7-2)8-10(4)5/h6-8H2,1-5H3. The summed E-state index contributed by atoms with van der Waals surface area (Å²) in [4.78, 5) is 2.27. The minimum atomic E-state index is 0.531. The third kappa shape index (κ3) is 3.21. The molecule has 0 aromatic rings. The summed E-state index contributed by atoms with van der Waals surface area (Å²) in [7, 11) is 4.28. The van der Waals surface area contributed by atoms with E-state index in [4.69, 9.17) is 0 Å². The maximum atomic E-state index is 2.35. The summed E-state index contributed by atoms with van der Waals surface area (Å²) in [6.07, 6.45) is 2.56. The average molecular weight is 143 g/mol. The smallest absolute Gasteiger partial charge is 0.00290 e. The summed E-state index contributed by atoms with van der Waals surface area (Å²) < 4.78 is 0. The van der Waals surface area contributed by atoms with E-state index in [1.807, 2.05) is 0 Å². The van der Waals surface area contributed by atoms with Gasteiger partial charge in [0.1, 0.15) is 0 Å². The highest BCUT2D eigenvalue weighted by Crippen LogP contribution is 2.25. The first kappa shape index (κ1) is 9.96. The van der Waals surface area contributed by atoms with Crippen molar-refractivity contribution in [1.82, 2.24) is 4.90 Å². The Hall–Kier alpha value is -0.0400. The van der Waals surface area contributed by atoms with Crippen molar-refractivity contribution in [3.63, 3.8) is 0 Å². The Bertz CT molecular complexity index is 82.7. The van der Waals surface area contributed by atoms with Gasteiger partial charge in [-0.15, -0.1) is 0 Å². The van der Waals surface area contributed by atoms with Crippen LogP contribution in [-0.4, -0.2) is 25.5 Å². The molecule has 1 nitrogen and oxygen atoms in total. The van der Waals surface area contributed by atoms with Gasteiger partial charge in [-0.25, -0.2) is 0 Å². The van der Waals surface area contributed by atoms with E-state index in [0.29, 0.717) is 5.41 Å². The molecular weight excluding hydrogens is 122 g/mol. The number of nitrogens with zero attached hydrogens (tertiary/aromatic N) is 1. The predicted molar refractivity (Wildman–Crippen MR) is 47.2 cm³/mol. The Morgan fingerprint density at radius 2 is 1.50 bits per heavy atom. The minimum absolute atomic E-state index is 0.531. The van der Waals surface area contributed by atoms with E-state index < -0.39 is 0 Å². The monoisotopic (exact) mass is 143 g/mol. The molecule has 0 spiro atoms.